The maximum absolute atomic E-state index is 12.2. The first-order valence-corrected chi connectivity index (χ1v) is 8.09. The van der Waals surface area contributed by atoms with Crippen molar-refractivity contribution >= 4 is 33.6 Å². The Morgan fingerprint density at radius 2 is 1.91 bits per heavy atom. The third-order valence-electron chi connectivity index (χ3n) is 2.86. The van der Waals surface area contributed by atoms with Crippen molar-refractivity contribution < 1.29 is 27.9 Å². The van der Waals surface area contributed by atoms with Crippen molar-refractivity contribution in [2.75, 3.05) is 7.11 Å². The van der Waals surface area contributed by atoms with E-state index in [2.05, 4.69) is 9.46 Å². The van der Waals surface area contributed by atoms with Crippen molar-refractivity contribution in [2.45, 2.75) is 24.8 Å². The van der Waals surface area contributed by atoms with E-state index in [0.717, 1.165) is 12.1 Å². The number of methoxy groups -OCH3 is 1. The molecular formula is C13H16ClNO6S. The van der Waals surface area contributed by atoms with Crippen LogP contribution in [0.1, 0.15) is 24.2 Å². The lowest BCUT2D eigenvalue weighted by Crippen LogP contribution is -2.44. The fraction of sp³-hybridized carbons (Fsp3) is 0.385. The summed E-state index contributed by atoms with van der Waals surface area (Å²) in [5, 5.41) is 8.85. The molecule has 0 aromatic heterocycles. The van der Waals surface area contributed by atoms with E-state index in [4.69, 9.17) is 16.7 Å². The minimum absolute atomic E-state index is 0.0881. The van der Waals surface area contributed by atoms with Gasteiger partial charge in [-0.05, 0) is 24.1 Å². The van der Waals surface area contributed by atoms with E-state index in [-0.39, 0.29) is 15.5 Å². The van der Waals surface area contributed by atoms with Crippen molar-refractivity contribution in [3.8, 4) is 0 Å². The van der Waals surface area contributed by atoms with Gasteiger partial charge in [0, 0.05) is 0 Å². The van der Waals surface area contributed by atoms with Crippen LogP contribution in [0.25, 0.3) is 0 Å². The minimum Gasteiger partial charge on any atom is -0.480 e. The fourth-order valence-corrected chi connectivity index (χ4v) is 3.55. The molecule has 0 heterocycles. The molecule has 0 saturated carbocycles. The summed E-state index contributed by atoms with van der Waals surface area (Å²) in [6.07, 6.45) is 0. The van der Waals surface area contributed by atoms with E-state index in [1.165, 1.54) is 13.2 Å². The van der Waals surface area contributed by atoms with E-state index < -0.39 is 33.9 Å². The molecule has 0 spiro atoms. The lowest BCUT2D eigenvalue weighted by Gasteiger charge is -2.18. The van der Waals surface area contributed by atoms with Crippen LogP contribution in [-0.4, -0.2) is 38.6 Å². The number of rotatable bonds is 6. The van der Waals surface area contributed by atoms with E-state index in [1.54, 1.807) is 13.8 Å². The maximum atomic E-state index is 12.2. The molecule has 0 fully saturated rings. The molecular weight excluding hydrogens is 334 g/mol. The third kappa shape index (κ3) is 4.19. The molecule has 1 rings (SSSR count). The van der Waals surface area contributed by atoms with Crippen LogP contribution in [0.15, 0.2) is 23.1 Å². The first-order valence-electron chi connectivity index (χ1n) is 6.23. The Morgan fingerprint density at radius 3 is 2.32 bits per heavy atom. The lowest BCUT2D eigenvalue weighted by atomic mass is 10.1. The molecule has 0 amide bonds. The number of hydrogen-bond acceptors (Lipinski definition) is 5. The van der Waals surface area contributed by atoms with E-state index in [0.29, 0.717) is 0 Å². The molecule has 2 N–H and O–H groups in total. The van der Waals surface area contributed by atoms with Gasteiger partial charge >= 0.3 is 11.9 Å². The van der Waals surface area contributed by atoms with Crippen LogP contribution in [0.5, 0.6) is 0 Å². The van der Waals surface area contributed by atoms with Crippen molar-refractivity contribution in [1.29, 1.82) is 0 Å². The smallest absolute Gasteiger partial charge is 0.337 e. The zero-order valence-corrected chi connectivity index (χ0v) is 13.7. The molecule has 0 radical (unpaired) electrons. The summed E-state index contributed by atoms with van der Waals surface area (Å²) >= 11 is 5.88. The Morgan fingerprint density at radius 1 is 1.32 bits per heavy atom. The van der Waals surface area contributed by atoms with Crippen LogP contribution in [0.3, 0.4) is 0 Å². The average molecular weight is 350 g/mol. The van der Waals surface area contributed by atoms with Crippen LogP contribution in [-0.2, 0) is 19.6 Å². The normalized spacial score (nSPS) is 13.0. The second-order valence-corrected chi connectivity index (χ2v) is 6.91. The number of benzene rings is 1. The highest BCUT2D eigenvalue weighted by Crippen LogP contribution is 2.23. The summed E-state index contributed by atoms with van der Waals surface area (Å²) in [5.74, 6) is -2.41. The predicted molar refractivity (Wildman–Crippen MR) is 79.4 cm³/mol. The van der Waals surface area contributed by atoms with Crippen LogP contribution < -0.4 is 4.72 Å². The number of carboxylic acid groups (broad SMARTS) is 1. The molecule has 1 unspecified atom stereocenters. The van der Waals surface area contributed by atoms with E-state index in [9.17, 15) is 18.0 Å². The minimum atomic E-state index is -4.14. The second kappa shape index (κ2) is 7.08. The van der Waals surface area contributed by atoms with Crippen molar-refractivity contribution in [2.24, 2.45) is 5.92 Å². The van der Waals surface area contributed by atoms with Gasteiger partial charge in [0.25, 0.3) is 0 Å². The Kier molecular flexibility index (Phi) is 5.92. The third-order valence-corrected chi connectivity index (χ3v) is 4.78. The molecule has 0 saturated heterocycles. The lowest BCUT2D eigenvalue weighted by molar-refractivity contribution is -0.140. The number of halogens is 1. The van der Waals surface area contributed by atoms with Gasteiger partial charge in [-0.2, -0.15) is 4.72 Å². The molecule has 22 heavy (non-hydrogen) atoms. The highest BCUT2D eigenvalue weighted by Gasteiger charge is 2.29. The van der Waals surface area contributed by atoms with Gasteiger partial charge in [0.1, 0.15) is 10.9 Å². The van der Waals surface area contributed by atoms with Crippen molar-refractivity contribution in [3.05, 3.63) is 28.8 Å². The molecule has 1 atom stereocenters. The maximum Gasteiger partial charge on any atom is 0.337 e. The van der Waals surface area contributed by atoms with Crippen molar-refractivity contribution in [1.82, 2.24) is 4.72 Å². The molecule has 9 heteroatoms. The highest BCUT2D eigenvalue weighted by atomic mass is 35.5. The molecule has 0 bridgehead atoms. The number of sulfonamides is 1. The number of esters is 1. The SMILES string of the molecule is COC(=O)c1ccc(S(=O)(=O)NC(C(=O)O)C(C)C)c(Cl)c1. The zero-order chi connectivity index (χ0) is 17.1. The molecule has 0 aliphatic carbocycles. The summed E-state index contributed by atoms with van der Waals surface area (Å²) in [7, 11) is -2.96. The summed E-state index contributed by atoms with van der Waals surface area (Å²) in [5.41, 5.74) is 0.0881. The van der Waals surface area contributed by atoms with Crippen LogP contribution >= 0.6 is 11.6 Å². The molecule has 1 aromatic rings. The first-order chi connectivity index (χ1) is 10.1. The first kappa shape index (κ1) is 18.4. The Hall–Kier alpha value is -1.64. The van der Waals surface area contributed by atoms with Crippen molar-refractivity contribution in [3.63, 3.8) is 0 Å². The van der Waals surface area contributed by atoms with Crippen LogP contribution in [0.4, 0.5) is 0 Å². The Balaban J connectivity index is 3.18. The monoisotopic (exact) mass is 349 g/mol. The summed E-state index contributed by atoms with van der Waals surface area (Å²) in [4.78, 5) is 22.1. The van der Waals surface area contributed by atoms with Gasteiger partial charge in [0.15, 0.2) is 0 Å². The molecule has 7 nitrogen and oxygen atoms in total. The second-order valence-electron chi connectivity index (χ2n) is 4.82. The van der Waals surface area contributed by atoms with Gasteiger partial charge < -0.3 is 9.84 Å². The van der Waals surface area contributed by atoms with Gasteiger partial charge in [0.2, 0.25) is 10.0 Å². The largest absolute Gasteiger partial charge is 0.480 e. The summed E-state index contributed by atoms with van der Waals surface area (Å²) < 4.78 is 31.1. The van der Waals surface area contributed by atoms with Crippen LogP contribution in [0.2, 0.25) is 5.02 Å². The number of carboxylic acids is 1. The predicted octanol–water partition coefficient (Wildman–Crippen LogP) is 1.51. The standard InChI is InChI=1S/C13H16ClNO6S/c1-7(2)11(12(16)17)15-22(19,20)10-5-4-8(6-9(10)14)13(18)21-3/h4-7,11,15H,1-3H3,(H,16,17). The summed E-state index contributed by atoms with van der Waals surface area (Å²) in [6, 6.07) is 2.21. The summed E-state index contributed by atoms with van der Waals surface area (Å²) in [6.45, 7) is 3.15. The highest BCUT2D eigenvalue weighted by molar-refractivity contribution is 7.89. The number of ether oxygens (including phenoxy) is 1. The average Bonchev–Trinajstić information content (AvgIpc) is 2.42. The number of nitrogens with one attached hydrogen (secondary N) is 1. The van der Waals surface area contributed by atoms with Gasteiger partial charge in [-0.3, -0.25) is 4.79 Å². The number of carbonyl (C=O) groups excluding carboxylic acids is 1. The quantitative estimate of drug-likeness (QED) is 0.753. The van der Waals surface area contributed by atoms with Crippen LogP contribution in [0, 0.1) is 5.92 Å². The number of aliphatic carboxylic acids is 1. The zero-order valence-electron chi connectivity index (χ0n) is 12.2. The van der Waals surface area contributed by atoms with Gasteiger partial charge in [-0.25, -0.2) is 13.2 Å². The number of hydrogen-bond donors (Lipinski definition) is 2. The number of carbonyl (C=O) groups is 2. The van der Waals surface area contributed by atoms with Gasteiger partial charge in [-0.1, -0.05) is 25.4 Å². The molecule has 0 aliphatic heterocycles. The Bertz CT molecular complexity index is 686. The van der Waals surface area contributed by atoms with E-state index >= 15 is 0 Å². The molecule has 1 aromatic carbocycles. The van der Waals surface area contributed by atoms with Gasteiger partial charge in [0.05, 0.1) is 17.7 Å². The fourth-order valence-electron chi connectivity index (χ4n) is 1.67. The Labute approximate surface area is 133 Å². The topological polar surface area (TPSA) is 110 Å². The van der Waals surface area contributed by atoms with Gasteiger partial charge in [-0.15, -0.1) is 0 Å². The van der Waals surface area contributed by atoms with E-state index in [1.807, 2.05) is 0 Å². The molecule has 122 valence electrons. The molecule has 0 aliphatic rings.